The molecule has 0 aliphatic carbocycles. The van der Waals surface area contributed by atoms with Crippen molar-refractivity contribution < 1.29 is 0 Å². The summed E-state index contributed by atoms with van der Waals surface area (Å²) < 4.78 is 1.14. The van der Waals surface area contributed by atoms with Crippen LogP contribution in [0.25, 0.3) is 21.5 Å². The van der Waals surface area contributed by atoms with Crippen LogP contribution in [-0.2, 0) is 5.75 Å². The Bertz CT molecular complexity index is 1030. The molecule has 4 rings (SSSR count). The lowest BCUT2D eigenvalue weighted by Crippen LogP contribution is -2.13. The van der Waals surface area contributed by atoms with E-state index in [0.717, 1.165) is 27.6 Å². The number of thiophene rings is 1. The van der Waals surface area contributed by atoms with Gasteiger partial charge in [-0.2, -0.15) is 0 Å². The summed E-state index contributed by atoms with van der Waals surface area (Å²) in [5, 5.41) is 2.09. The van der Waals surface area contributed by atoms with Gasteiger partial charge in [0.1, 0.15) is 0 Å². The highest BCUT2D eigenvalue weighted by Crippen LogP contribution is 2.37. The molecule has 0 fully saturated rings. The molecule has 0 saturated heterocycles. The first kappa shape index (κ1) is 17.1. The zero-order valence-corrected chi connectivity index (χ0v) is 16.3. The summed E-state index contributed by atoms with van der Waals surface area (Å²) in [5.74, 6) is 1.69. The molecule has 130 valence electrons. The smallest absolute Gasteiger partial charge is 0.226 e. The van der Waals surface area contributed by atoms with E-state index in [9.17, 15) is 0 Å². The van der Waals surface area contributed by atoms with Crippen LogP contribution in [0.5, 0.6) is 0 Å². The molecule has 26 heavy (non-hydrogen) atoms. The average molecular weight is 378 g/mol. The molecule has 0 amide bonds. The number of fused-ring (bicyclic) bond motifs is 1. The number of benzene rings is 2. The van der Waals surface area contributed by atoms with Crippen LogP contribution in [0.2, 0.25) is 0 Å². The van der Waals surface area contributed by atoms with Crippen molar-refractivity contribution in [1.82, 2.24) is 9.97 Å². The molecule has 5 heteroatoms. The SMILES string of the molecule is CN(C)c1nc(-c2ccccc2SCc2ccccc2)c2sccc2n1. The molecule has 2 aromatic heterocycles. The van der Waals surface area contributed by atoms with Gasteiger partial charge in [0.15, 0.2) is 0 Å². The zero-order valence-electron chi connectivity index (χ0n) is 14.7. The fourth-order valence-corrected chi connectivity index (χ4v) is 4.60. The second-order valence-corrected chi connectivity index (χ2v) is 8.11. The minimum absolute atomic E-state index is 0.744. The molecule has 2 heterocycles. The Labute approximate surface area is 161 Å². The second-order valence-electron chi connectivity index (χ2n) is 6.17. The third-order valence-corrected chi connectivity index (χ3v) is 6.13. The minimum atomic E-state index is 0.744. The van der Waals surface area contributed by atoms with E-state index in [1.54, 1.807) is 11.3 Å². The third kappa shape index (κ3) is 3.45. The summed E-state index contributed by atoms with van der Waals surface area (Å²) >= 11 is 3.55. The highest BCUT2D eigenvalue weighted by molar-refractivity contribution is 7.98. The normalized spacial score (nSPS) is 11.0. The largest absolute Gasteiger partial charge is 0.347 e. The first-order chi connectivity index (χ1) is 12.7. The monoisotopic (exact) mass is 377 g/mol. The number of thioether (sulfide) groups is 1. The summed E-state index contributed by atoms with van der Waals surface area (Å²) in [6.07, 6.45) is 0. The van der Waals surface area contributed by atoms with Crippen LogP contribution in [0.1, 0.15) is 5.56 Å². The van der Waals surface area contributed by atoms with Gasteiger partial charge >= 0.3 is 0 Å². The molecule has 0 aliphatic rings. The molecule has 0 N–H and O–H groups in total. The fraction of sp³-hybridized carbons (Fsp3) is 0.143. The Morgan fingerprint density at radius 3 is 2.50 bits per heavy atom. The molecule has 0 atom stereocenters. The van der Waals surface area contributed by atoms with Crippen LogP contribution in [0.3, 0.4) is 0 Å². The molecule has 2 aromatic carbocycles. The molecule has 4 aromatic rings. The van der Waals surface area contributed by atoms with Gasteiger partial charge < -0.3 is 4.90 Å². The quantitative estimate of drug-likeness (QED) is 0.416. The lowest BCUT2D eigenvalue weighted by molar-refractivity contribution is 1.02. The molecule has 0 aliphatic heterocycles. The van der Waals surface area contributed by atoms with Crippen molar-refractivity contribution in [2.24, 2.45) is 0 Å². The Balaban J connectivity index is 1.76. The van der Waals surface area contributed by atoms with Crippen LogP contribution in [0.15, 0.2) is 70.9 Å². The summed E-state index contributed by atoms with van der Waals surface area (Å²) in [6, 6.07) is 21.2. The zero-order chi connectivity index (χ0) is 17.9. The van der Waals surface area contributed by atoms with Gasteiger partial charge in [0.25, 0.3) is 0 Å². The highest BCUT2D eigenvalue weighted by Gasteiger charge is 2.15. The standard InChI is InChI=1S/C21H19N3S2/c1-24(2)21-22-17-12-13-25-20(17)19(23-21)16-10-6-7-11-18(16)26-14-15-8-4-3-5-9-15/h3-13H,14H2,1-2H3. The van der Waals surface area contributed by atoms with Crippen molar-refractivity contribution >= 4 is 39.3 Å². The third-order valence-electron chi connectivity index (χ3n) is 4.07. The molecule has 0 bridgehead atoms. The van der Waals surface area contributed by atoms with Gasteiger partial charge in [0, 0.05) is 30.3 Å². The first-order valence-electron chi connectivity index (χ1n) is 8.41. The molecular formula is C21H19N3S2. The van der Waals surface area contributed by atoms with Gasteiger partial charge in [0.2, 0.25) is 5.95 Å². The predicted octanol–water partition coefficient (Wildman–Crippen LogP) is 5.72. The Morgan fingerprint density at radius 2 is 1.69 bits per heavy atom. The molecule has 0 radical (unpaired) electrons. The average Bonchev–Trinajstić information content (AvgIpc) is 3.15. The first-order valence-corrected chi connectivity index (χ1v) is 10.3. The maximum absolute atomic E-state index is 4.87. The van der Waals surface area contributed by atoms with Crippen LogP contribution < -0.4 is 4.90 Å². The lowest BCUT2D eigenvalue weighted by atomic mass is 10.1. The van der Waals surface area contributed by atoms with Crippen LogP contribution >= 0.6 is 23.1 Å². The molecule has 0 saturated carbocycles. The number of aromatic nitrogens is 2. The maximum atomic E-state index is 4.87. The summed E-state index contributed by atoms with van der Waals surface area (Å²) in [6.45, 7) is 0. The lowest BCUT2D eigenvalue weighted by Gasteiger charge is -2.14. The summed E-state index contributed by atoms with van der Waals surface area (Å²) in [7, 11) is 3.96. The maximum Gasteiger partial charge on any atom is 0.226 e. The number of hydrogen-bond acceptors (Lipinski definition) is 5. The van der Waals surface area contributed by atoms with Crippen molar-refractivity contribution in [3.8, 4) is 11.3 Å². The van der Waals surface area contributed by atoms with E-state index in [0.29, 0.717) is 0 Å². The van der Waals surface area contributed by atoms with E-state index in [1.165, 1.54) is 16.0 Å². The Kier molecular flexibility index (Phi) is 4.91. The number of hydrogen-bond donors (Lipinski definition) is 0. The van der Waals surface area contributed by atoms with Gasteiger partial charge in [-0.25, -0.2) is 9.97 Å². The van der Waals surface area contributed by atoms with Crippen LogP contribution in [-0.4, -0.2) is 24.1 Å². The van der Waals surface area contributed by atoms with Crippen LogP contribution in [0, 0.1) is 0 Å². The number of anilines is 1. The van der Waals surface area contributed by atoms with Gasteiger partial charge in [-0.05, 0) is 23.1 Å². The molecule has 3 nitrogen and oxygen atoms in total. The minimum Gasteiger partial charge on any atom is -0.347 e. The summed E-state index contributed by atoms with van der Waals surface area (Å²) in [4.78, 5) is 12.7. The molecule has 0 unspecified atom stereocenters. The summed E-state index contributed by atoms with van der Waals surface area (Å²) in [5.41, 5.74) is 4.52. The number of rotatable bonds is 5. The second kappa shape index (κ2) is 7.48. The van der Waals surface area contributed by atoms with E-state index >= 15 is 0 Å². The topological polar surface area (TPSA) is 29.0 Å². The fourth-order valence-electron chi connectivity index (χ4n) is 2.76. The van der Waals surface area contributed by atoms with Crippen molar-refractivity contribution in [1.29, 1.82) is 0 Å². The van der Waals surface area contributed by atoms with E-state index in [1.807, 2.05) is 30.8 Å². The Morgan fingerprint density at radius 1 is 0.923 bits per heavy atom. The van der Waals surface area contributed by atoms with Crippen LogP contribution in [0.4, 0.5) is 5.95 Å². The van der Waals surface area contributed by atoms with Gasteiger partial charge in [0.05, 0.1) is 15.9 Å². The highest BCUT2D eigenvalue weighted by atomic mass is 32.2. The van der Waals surface area contributed by atoms with E-state index in [4.69, 9.17) is 4.98 Å². The predicted molar refractivity (Wildman–Crippen MR) is 113 cm³/mol. The molecule has 0 spiro atoms. The van der Waals surface area contributed by atoms with Crippen molar-refractivity contribution in [2.75, 3.05) is 19.0 Å². The van der Waals surface area contributed by atoms with E-state index in [2.05, 4.69) is 71.0 Å². The van der Waals surface area contributed by atoms with Gasteiger partial charge in [-0.3, -0.25) is 0 Å². The molecular weight excluding hydrogens is 358 g/mol. The number of nitrogens with zero attached hydrogens (tertiary/aromatic N) is 3. The van der Waals surface area contributed by atoms with Crippen molar-refractivity contribution in [2.45, 2.75) is 10.6 Å². The van der Waals surface area contributed by atoms with Gasteiger partial charge in [-0.15, -0.1) is 23.1 Å². The van der Waals surface area contributed by atoms with Gasteiger partial charge in [-0.1, -0.05) is 48.5 Å². The van der Waals surface area contributed by atoms with E-state index in [-0.39, 0.29) is 0 Å². The Hall–Kier alpha value is -2.37. The van der Waals surface area contributed by atoms with E-state index < -0.39 is 0 Å². The van der Waals surface area contributed by atoms with Crippen molar-refractivity contribution in [3.63, 3.8) is 0 Å². The van der Waals surface area contributed by atoms with Crippen molar-refractivity contribution in [3.05, 3.63) is 71.6 Å².